The topological polar surface area (TPSA) is 56.2 Å². The average molecular weight is 323 g/mol. The fourth-order valence-electron chi connectivity index (χ4n) is 2.01. The highest BCUT2D eigenvalue weighted by atomic mass is 32.2. The van der Waals surface area contributed by atoms with E-state index < -0.39 is 22.4 Å². The van der Waals surface area contributed by atoms with Crippen LogP contribution in [0.1, 0.15) is 11.5 Å². The minimum atomic E-state index is -1.37. The molecular weight excluding hydrogens is 312 g/mol. The van der Waals surface area contributed by atoms with Gasteiger partial charge in [-0.15, -0.1) is 0 Å². The van der Waals surface area contributed by atoms with E-state index in [0.717, 1.165) is 12.1 Å². The zero-order chi connectivity index (χ0) is 15.7. The van der Waals surface area contributed by atoms with Gasteiger partial charge in [-0.1, -0.05) is 6.07 Å². The first-order valence-electron chi connectivity index (χ1n) is 6.37. The Morgan fingerprint density at radius 1 is 1.18 bits per heavy atom. The van der Waals surface area contributed by atoms with Gasteiger partial charge in [0.15, 0.2) is 0 Å². The summed E-state index contributed by atoms with van der Waals surface area (Å²) in [6.45, 7) is 1.70. The molecule has 114 valence electrons. The Morgan fingerprint density at radius 3 is 2.55 bits per heavy atom. The van der Waals surface area contributed by atoms with Gasteiger partial charge in [0.05, 0.1) is 33.4 Å². The van der Waals surface area contributed by atoms with Crippen LogP contribution >= 0.6 is 0 Å². The lowest BCUT2D eigenvalue weighted by atomic mass is 10.2. The van der Waals surface area contributed by atoms with Gasteiger partial charge in [-0.05, 0) is 25.1 Å². The summed E-state index contributed by atoms with van der Waals surface area (Å²) in [5, 5.41) is 0. The van der Waals surface area contributed by atoms with Gasteiger partial charge in [0, 0.05) is 0 Å². The van der Waals surface area contributed by atoms with Crippen LogP contribution in [-0.2, 0) is 16.6 Å². The van der Waals surface area contributed by atoms with Crippen molar-refractivity contribution in [1.82, 2.24) is 4.98 Å². The summed E-state index contributed by atoms with van der Waals surface area (Å²) in [7, 11) is -1.37. The van der Waals surface area contributed by atoms with Gasteiger partial charge in [-0.2, -0.15) is 0 Å². The maximum atomic E-state index is 13.7. The molecule has 0 amide bonds. The molecule has 0 spiro atoms. The second kappa shape index (κ2) is 5.84. The number of hydrogen-bond donors (Lipinski definition) is 0. The third kappa shape index (κ3) is 2.71. The molecule has 0 saturated carbocycles. The number of nitrogens with zero attached hydrogens (tertiary/aromatic N) is 1. The van der Waals surface area contributed by atoms with Crippen molar-refractivity contribution in [3.8, 4) is 11.5 Å². The van der Waals surface area contributed by atoms with Crippen molar-refractivity contribution in [3.05, 3.63) is 59.9 Å². The van der Waals surface area contributed by atoms with E-state index in [4.69, 9.17) is 8.83 Å². The molecular formula is C15H11F2NO3S. The molecule has 7 heteroatoms. The Morgan fingerprint density at radius 2 is 1.91 bits per heavy atom. The molecule has 0 saturated heterocycles. The second-order valence-electron chi connectivity index (χ2n) is 4.57. The molecule has 22 heavy (non-hydrogen) atoms. The summed E-state index contributed by atoms with van der Waals surface area (Å²) in [4.78, 5) is 4.57. The third-order valence-corrected chi connectivity index (χ3v) is 4.54. The Bertz CT molecular complexity index is 821. The van der Waals surface area contributed by atoms with E-state index in [1.165, 1.54) is 18.6 Å². The highest BCUT2D eigenvalue weighted by Gasteiger charge is 2.18. The molecule has 0 N–H and O–H groups in total. The summed E-state index contributed by atoms with van der Waals surface area (Å²) in [6, 6.07) is 5.11. The van der Waals surface area contributed by atoms with Crippen molar-refractivity contribution in [1.29, 1.82) is 0 Å². The number of hydrogen-bond acceptors (Lipinski definition) is 4. The molecule has 1 atom stereocenters. The number of aromatic nitrogens is 1. The fraction of sp³-hybridized carbons (Fsp3) is 0.133. The van der Waals surface area contributed by atoms with Crippen molar-refractivity contribution in [2.75, 3.05) is 0 Å². The molecule has 0 aliphatic rings. The van der Waals surface area contributed by atoms with Gasteiger partial charge >= 0.3 is 0 Å². The number of furan rings is 1. The molecule has 1 unspecified atom stereocenters. The van der Waals surface area contributed by atoms with Crippen molar-refractivity contribution in [3.63, 3.8) is 0 Å². The minimum absolute atomic E-state index is 0.0694. The van der Waals surface area contributed by atoms with E-state index in [2.05, 4.69) is 4.98 Å². The zero-order valence-corrected chi connectivity index (χ0v) is 12.3. The van der Waals surface area contributed by atoms with Crippen LogP contribution in [0.3, 0.4) is 0 Å². The molecule has 0 fully saturated rings. The van der Waals surface area contributed by atoms with Crippen LogP contribution in [0.2, 0.25) is 0 Å². The molecule has 3 rings (SSSR count). The predicted molar refractivity (Wildman–Crippen MR) is 75.4 cm³/mol. The van der Waals surface area contributed by atoms with Crippen LogP contribution in [0.4, 0.5) is 8.78 Å². The maximum absolute atomic E-state index is 13.7. The smallest absolute Gasteiger partial charge is 0.232 e. The first-order valence-corrected chi connectivity index (χ1v) is 7.69. The van der Waals surface area contributed by atoms with E-state index >= 15 is 0 Å². The first kappa shape index (κ1) is 14.6. The highest BCUT2D eigenvalue weighted by Crippen LogP contribution is 2.26. The molecule has 4 nitrogen and oxygen atoms in total. The van der Waals surface area contributed by atoms with Gasteiger partial charge < -0.3 is 8.83 Å². The van der Waals surface area contributed by atoms with Crippen LogP contribution in [0.25, 0.3) is 11.5 Å². The number of aryl methyl sites for hydroxylation is 1. The SMILES string of the molecule is Cc1occc1S(=O)Cc1coc(-c2c(F)cccc2F)n1. The van der Waals surface area contributed by atoms with Crippen LogP contribution in [0.15, 0.2) is 50.5 Å². The summed E-state index contributed by atoms with van der Waals surface area (Å²) in [6.07, 6.45) is 2.69. The van der Waals surface area contributed by atoms with Crippen molar-refractivity contribution in [2.24, 2.45) is 0 Å². The van der Waals surface area contributed by atoms with E-state index in [0.29, 0.717) is 16.3 Å². The van der Waals surface area contributed by atoms with Gasteiger partial charge in [-0.3, -0.25) is 4.21 Å². The molecule has 0 bridgehead atoms. The van der Waals surface area contributed by atoms with Crippen molar-refractivity contribution >= 4 is 10.8 Å². The lowest BCUT2D eigenvalue weighted by Crippen LogP contribution is -1.97. The lowest BCUT2D eigenvalue weighted by molar-refractivity contribution is 0.525. The number of rotatable bonds is 4. The van der Waals surface area contributed by atoms with Gasteiger partial charge in [0.1, 0.15) is 29.2 Å². The quantitative estimate of drug-likeness (QED) is 0.732. The Balaban J connectivity index is 1.86. The predicted octanol–water partition coefficient (Wildman–Crippen LogP) is 3.83. The Hall–Kier alpha value is -2.28. The number of oxazole rings is 1. The summed E-state index contributed by atoms with van der Waals surface area (Å²) < 4.78 is 49.7. The van der Waals surface area contributed by atoms with Gasteiger partial charge in [0.25, 0.3) is 0 Å². The minimum Gasteiger partial charge on any atom is -0.468 e. The average Bonchev–Trinajstić information content (AvgIpc) is 3.08. The van der Waals surface area contributed by atoms with Crippen molar-refractivity contribution < 1.29 is 21.8 Å². The fourth-order valence-corrected chi connectivity index (χ4v) is 3.14. The van der Waals surface area contributed by atoms with Crippen LogP contribution in [0, 0.1) is 18.6 Å². The van der Waals surface area contributed by atoms with E-state index in [9.17, 15) is 13.0 Å². The van der Waals surface area contributed by atoms with E-state index in [-0.39, 0.29) is 17.2 Å². The van der Waals surface area contributed by atoms with Crippen molar-refractivity contribution in [2.45, 2.75) is 17.6 Å². The van der Waals surface area contributed by atoms with Crippen LogP contribution in [0.5, 0.6) is 0 Å². The molecule has 3 aromatic rings. The lowest BCUT2D eigenvalue weighted by Gasteiger charge is -1.99. The Labute approximate surface area is 127 Å². The van der Waals surface area contributed by atoms with Crippen LogP contribution < -0.4 is 0 Å². The normalized spacial score (nSPS) is 12.5. The molecule has 0 aliphatic heterocycles. The third-order valence-electron chi connectivity index (χ3n) is 3.06. The number of halogens is 2. The molecule has 1 aromatic carbocycles. The molecule has 2 aromatic heterocycles. The standard InChI is InChI=1S/C15H11F2NO3S/c1-9-13(5-6-20-9)22(19)8-10-7-21-15(18-10)14-11(16)3-2-4-12(14)17/h2-7H,8H2,1H3. The van der Waals surface area contributed by atoms with Gasteiger partial charge in [0.2, 0.25) is 5.89 Å². The molecule has 0 radical (unpaired) electrons. The molecule has 2 heterocycles. The summed E-state index contributed by atoms with van der Waals surface area (Å²) in [5.41, 5.74) is 0.00982. The second-order valence-corrected chi connectivity index (χ2v) is 5.99. The summed E-state index contributed by atoms with van der Waals surface area (Å²) in [5.74, 6) is -1.07. The first-order chi connectivity index (χ1) is 10.6. The summed E-state index contributed by atoms with van der Waals surface area (Å²) >= 11 is 0. The van der Waals surface area contributed by atoms with Crippen LogP contribution in [-0.4, -0.2) is 9.19 Å². The number of benzene rings is 1. The zero-order valence-electron chi connectivity index (χ0n) is 11.5. The largest absolute Gasteiger partial charge is 0.468 e. The maximum Gasteiger partial charge on any atom is 0.232 e. The molecule has 0 aliphatic carbocycles. The monoisotopic (exact) mass is 323 g/mol. The van der Waals surface area contributed by atoms with E-state index in [1.807, 2.05) is 0 Å². The Kier molecular flexibility index (Phi) is 3.89. The van der Waals surface area contributed by atoms with Gasteiger partial charge in [-0.25, -0.2) is 13.8 Å². The highest BCUT2D eigenvalue weighted by molar-refractivity contribution is 7.84. The van der Waals surface area contributed by atoms with E-state index in [1.54, 1.807) is 13.0 Å².